The highest BCUT2D eigenvalue weighted by Crippen LogP contribution is 2.32. The van der Waals surface area contributed by atoms with Crippen LogP contribution >= 0.6 is 11.3 Å². The molecule has 8 heteroatoms. The second-order valence-corrected chi connectivity index (χ2v) is 3.54. The van der Waals surface area contributed by atoms with Crippen molar-refractivity contribution in [1.82, 2.24) is 9.38 Å². The van der Waals surface area contributed by atoms with Crippen molar-refractivity contribution < 1.29 is 23.1 Å². The Kier molecular flexibility index (Phi) is 1.97. The van der Waals surface area contributed by atoms with Gasteiger partial charge in [-0.2, -0.15) is 13.2 Å². The predicted octanol–water partition coefficient (Wildman–Crippen LogP) is 2.11. The van der Waals surface area contributed by atoms with Gasteiger partial charge in [-0.25, -0.2) is 9.78 Å². The van der Waals surface area contributed by atoms with Crippen LogP contribution < -0.4 is 0 Å². The molecule has 0 bridgehead atoms. The minimum absolute atomic E-state index is 0.0136. The maximum absolute atomic E-state index is 12.4. The van der Waals surface area contributed by atoms with E-state index in [1.807, 2.05) is 0 Å². The maximum Gasteiger partial charge on any atom is 0.432 e. The molecule has 0 fully saturated rings. The van der Waals surface area contributed by atoms with Crippen LogP contribution in [0, 0.1) is 0 Å². The lowest BCUT2D eigenvalue weighted by atomic mass is 10.4. The number of carboxylic acids is 1. The molecule has 0 unspecified atom stereocenters. The molecule has 0 atom stereocenters. The number of carbonyl (C=O) groups is 1. The summed E-state index contributed by atoms with van der Waals surface area (Å²) in [6, 6.07) is 0. The molecule has 0 spiro atoms. The van der Waals surface area contributed by atoms with Crippen molar-refractivity contribution in [2.75, 3.05) is 0 Å². The number of aromatic nitrogens is 2. The molecule has 4 nitrogen and oxygen atoms in total. The van der Waals surface area contributed by atoms with Crippen LogP contribution in [0.2, 0.25) is 0 Å². The highest BCUT2D eigenvalue weighted by atomic mass is 32.1. The van der Waals surface area contributed by atoms with E-state index in [0.717, 1.165) is 27.3 Å². The molecule has 0 amide bonds. The number of aromatic carboxylic acids is 1. The minimum atomic E-state index is -4.51. The summed E-state index contributed by atoms with van der Waals surface area (Å²) >= 11 is 0.748. The number of hydrogen-bond acceptors (Lipinski definition) is 3. The van der Waals surface area contributed by atoms with Gasteiger partial charge in [0.1, 0.15) is 5.69 Å². The Balaban J connectivity index is 2.64. The highest BCUT2D eigenvalue weighted by Gasteiger charge is 2.35. The number of fused-ring (bicyclic) bond motifs is 1. The molecule has 0 aromatic carbocycles. The number of nitrogens with zero attached hydrogens (tertiary/aromatic N) is 2. The second-order valence-electron chi connectivity index (χ2n) is 2.70. The fourth-order valence-electron chi connectivity index (χ4n) is 1.09. The van der Waals surface area contributed by atoms with Gasteiger partial charge >= 0.3 is 12.1 Å². The van der Waals surface area contributed by atoms with Gasteiger partial charge < -0.3 is 5.11 Å². The summed E-state index contributed by atoms with van der Waals surface area (Å²) in [5, 5.41) is 9.44. The monoisotopic (exact) mass is 236 g/mol. The van der Waals surface area contributed by atoms with Gasteiger partial charge in [-0.1, -0.05) is 0 Å². The first kappa shape index (κ1) is 9.97. The summed E-state index contributed by atoms with van der Waals surface area (Å²) in [4.78, 5) is 14.0. The van der Waals surface area contributed by atoms with Crippen LogP contribution in [0.5, 0.6) is 0 Å². The Morgan fingerprint density at radius 2 is 2.20 bits per heavy atom. The Hall–Kier alpha value is -1.57. The van der Waals surface area contributed by atoms with E-state index in [1.165, 1.54) is 0 Å². The molecule has 0 radical (unpaired) electrons. The number of hydrogen-bond donors (Lipinski definition) is 1. The molecule has 2 aromatic heterocycles. The molecule has 0 saturated heterocycles. The van der Waals surface area contributed by atoms with E-state index in [1.54, 1.807) is 0 Å². The van der Waals surface area contributed by atoms with Crippen LogP contribution in [0.4, 0.5) is 13.2 Å². The zero-order chi connectivity index (χ0) is 11.2. The summed E-state index contributed by atoms with van der Waals surface area (Å²) in [6.07, 6.45) is -3.65. The normalized spacial score (nSPS) is 12.2. The van der Waals surface area contributed by atoms with Crippen LogP contribution in [-0.4, -0.2) is 20.5 Å². The molecule has 0 aliphatic rings. The fraction of sp³-hybridized carbons (Fsp3) is 0.143. The smallest absolute Gasteiger partial charge is 0.432 e. The fourth-order valence-corrected chi connectivity index (χ4v) is 1.97. The van der Waals surface area contributed by atoms with Gasteiger partial charge in [0.25, 0.3) is 0 Å². The summed E-state index contributed by atoms with van der Waals surface area (Å²) in [6.45, 7) is 0. The molecule has 80 valence electrons. The second kappa shape index (κ2) is 2.96. The third kappa shape index (κ3) is 1.56. The summed E-state index contributed by atoms with van der Waals surface area (Å²) in [5.41, 5.74) is -1.31. The first-order valence-corrected chi connectivity index (χ1v) is 4.54. The summed E-state index contributed by atoms with van der Waals surface area (Å²) < 4.78 is 37.8. The van der Waals surface area contributed by atoms with E-state index < -0.39 is 23.5 Å². The molecule has 0 saturated carbocycles. The highest BCUT2D eigenvalue weighted by molar-refractivity contribution is 7.15. The SMILES string of the molecule is O=C(O)c1cn2c(C(F)(F)F)csc2n1. The van der Waals surface area contributed by atoms with Crippen molar-refractivity contribution in [3.8, 4) is 0 Å². The predicted molar refractivity (Wildman–Crippen MR) is 45.0 cm³/mol. The molecular weight excluding hydrogens is 233 g/mol. The zero-order valence-corrected chi connectivity index (χ0v) is 7.76. The maximum atomic E-state index is 12.4. The molecule has 2 heterocycles. The molecule has 2 aromatic rings. The molecular formula is C7H3F3N2O2S. The number of rotatable bonds is 1. The molecule has 0 aliphatic carbocycles. The van der Waals surface area contributed by atoms with Crippen molar-refractivity contribution in [3.05, 3.63) is 23.0 Å². The Morgan fingerprint density at radius 1 is 1.53 bits per heavy atom. The van der Waals surface area contributed by atoms with Crippen LogP contribution in [0.15, 0.2) is 11.6 Å². The van der Waals surface area contributed by atoms with E-state index in [0.29, 0.717) is 0 Å². The number of thiazole rings is 1. The Morgan fingerprint density at radius 3 is 2.73 bits per heavy atom. The van der Waals surface area contributed by atoms with Crippen LogP contribution in [0.25, 0.3) is 4.96 Å². The number of halogens is 3. The van der Waals surface area contributed by atoms with Crippen molar-refractivity contribution in [1.29, 1.82) is 0 Å². The van der Waals surface area contributed by atoms with Gasteiger partial charge in [-0.05, 0) is 0 Å². The third-order valence-electron chi connectivity index (χ3n) is 1.72. The van der Waals surface area contributed by atoms with Gasteiger partial charge in [-0.15, -0.1) is 11.3 Å². The lowest BCUT2D eigenvalue weighted by Gasteiger charge is -2.02. The Labute approximate surface area is 84.6 Å². The zero-order valence-electron chi connectivity index (χ0n) is 6.95. The van der Waals surface area contributed by atoms with Gasteiger partial charge in [0.15, 0.2) is 10.7 Å². The van der Waals surface area contributed by atoms with E-state index in [2.05, 4.69) is 4.98 Å². The first-order valence-electron chi connectivity index (χ1n) is 3.66. The molecule has 2 rings (SSSR count). The molecule has 1 N–H and O–H groups in total. The van der Waals surface area contributed by atoms with Crippen molar-refractivity contribution in [2.45, 2.75) is 6.18 Å². The number of carboxylic acid groups (broad SMARTS) is 1. The topological polar surface area (TPSA) is 54.6 Å². The Bertz CT molecular complexity index is 528. The van der Waals surface area contributed by atoms with Crippen molar-refractivity contribution in [2.24, 2.45) is 0 Å². The molecule has 0 aliphatic heterocycles. The molecule has 15 heavy (non-hydrogen) atoms. The third-order valence-corrected chi connectivity index (χ3v) is 2.56. The average Bonchev–Trinajstić information content (AvgIpc) is 2.56. The summed E-state index contributed by atoms with van der Waals surface area (Å²) in [5.74, 6) is -1.35. The van der Waals surface area contributed by atoms with E-state index in [4.69, 9.17) is 5.11 Å². The quantitative estimate of drug-likeness (QED) is 0.825. The standard InChI is InChI=1S/C7H3F3N2O2S/c8-7(9,10)4-2-15-6-11-3(5(13)14)1-12(4)6/h1-2H,(H,13,14). The lowest BCUT2D eigenvalue weighted by Crippen LogP contribution is -2.07. The average molecular weight is 236 g/mol. The number of alkyl halides is 3. The van der Waals surface area contributed by atoms with Gasteiger partial charge in [0.05, 0.1) is 0 Å². The van der Waals surface area contributed by atoms with Gasteiger partial charge in [0, 0.05) is 11.6 Å². The largest absolute Gasteiger partial charge is 0.476 e. The van der Waals surface area contributed by atoms with E-state index in [-0.39, 0.29) is 4.96 Å². The van der Waals surface area contributed by atoms with Crippen molar-refractivity contribution in [3.63, 3.8) is 0 Å². The first-order chi connectivity index (χ1) is 6.89. The van der Waals surface area contributed by atoms with E-state index >= 15 is 0 Å². The summed E-state index contributed by atoms with van der Waals surface area (Å²) in [7, 11) is 0. The van der Waals surface area contributed by atoms with Crippen LogP contribution in [0.1, 0.15) is 16.2 Å². The van der Waals surface area contributed by atoms with E-state index in [9.17, 15) is 18.0 Å². The van der Waals surface area contributed by atoms with Gasteiger partial charge in [0.2, 0.25) is 0 Å². The van der Waals surface area contributed by atoms with Crippen molar-refractivity contribution >= 4 is 22.3 Å². The lowest BCUT2D eigenvalue weighted by molar-refractivity contribution is -0.141. The minimum Gasteiger partial charge on any atom is -0.476 e. The van der Waals surface area contributed by atoms with Crippen LogP contribution in [-0.2, 0) is 6.18 Å². The van der Waals surface area contributed by atoms with Gasteiger partial charge in [-0.3, -0.25) is 4.40 Å². The van der Waals surface area contributed by atoms with Crippen LogP contribution in [0.3, 0.4) is 0 Å². The number of imidazole rings is 1.